The molecule has 34 heavy (non-hydrogen) atoms. The summed E-state index contributed by atoms with van der Waals surface area (Å²) >= 11 is 5.87. The van der Waals surface area contributed by atoms with Gasteiger partial charge >= 0.3 is 0 Å². The molecule has 0 saturated carbocycles. The summed E-state index contributed by atoms with van der Waals surface area (Å²) in [5.41, 5.74) is 1.21. The molecule has 1 aliphatic heterocycles. The van der Waals surface area contributed by atoms with Gasteiger partial charge in [-0.2, -0.15) is 0 Å². The number of hydrogen-bond donors (Lipinski definition) is 2. The van der Waals surface area contributed by atoms with Gasteiger partial charge in [-0.05, 0) is 50.7 Å². The standard InChI is InChI=1S/C24H26ClN7O2/c1-31(2)12-3-6-21(33)32-13-11-18(15-32)28-23-22-24(27-16-26-23)30-20(29-22)5-4-14-34-19-9-7-17(25)8-10-19/h3,6-10,16,18H,11-15H2,1-2H3,(H2,26,27,28,29,30). The lowest BCUT2D eigenvalue weighted by molar-refractivity contribution is -0.125. The van der Waals surface area contributed by atoms with Crippen LogP contribution in [-0.2, 0) is 4.79 Å². The molecule has 1 atom stereocenters. The summed E-state index contributed by atoms with van der Waals surface area (Å²) in [6, 6.07) is 7.19. The predicted molar refractivity (Wildman–Crippen MR) is 132 cm³/mol. The molecule has 4 rings (SSSR count). The van der Waals surface area contributed by atoms with E-state index >= 15 is 0 Å². The molecule has 3 heterocycles. The van der Waals surface area contributed by atoms with Crippen molar-refractivity contribution in [2.24, 2.45) is 0 Å². The number of ether oxygens (including phenoxy) is 1. The topological polar surface area (TPSA) is 99.3 Å². The second-order valence-electron chi connectivity index (χ2n) is 8.13. The molecule has 176 valence electrons. The number of carbonyl (C=O) groups is 1. The highest BCUT2D eigenvalue weighted by molar-refractivity contribution is 6.30. The third-order valence-electron chi connectivity index (χ3n) is 5.19. The quantitative estimate of drug-likeness (QED) is 0.397. The van der Waals surface area contributed by atoms with E-state index in [9.17, 15) is 4.79 Å². The number of H-pyrrole nitrogens is 1. The zero-order valence-electron chi connectivity index (χ0n) is 19.1. The number of fused-ring (bicyclic) bond motifs is 1. The number of halogens is 1. The van der Waals surface area contributed by atoms with Crippen LogP contribution in [0.15, 0.2) is 42.7 Å². The Hall–Kier alpha value is -3.61. The number of likely N-dealkylation sites (N-methyl/N-ethyl adjacent to an activating group) is 1. The van der Waals surface area contributed by atoms with E-state index in [1.165, 1.54) is 6.33 Å². The third-order valence-corrected chi connectivity index (χ3v) is 5.44. The van der Waals surface area contributed by atoms with E-state index in [1.807, 2.05) is 30.0 Å². The number of aromatic nitrogens is 4. The van der Waals surface area contributed by atoms with Crippen LogP contribution in [0.5, 0.6) is 5.75 Å². The molecule has 1 unspecified atom stereocenters. The molecule has 9 nitrogen and oxygen atoms in total. The number of anilines is 1. The van der Waals surface area contributed by atoms with E-state index in [2.05, 4.69) is 37.1 Å². The summed E-state index contributed by atoms with van der Waals surface area (Å²) < 4.78 is 5.58. The number of likely N-dealkylation sites (tertiary alicyclic amines) is 1. The first-order valence-electron chi connectivity index (χ1n) is 10.9. The molecule has 0 radical (unpaired) electrons. The first-order chi connectivity index (χ1) is 16.5. The Morgan fingerprint density at radius 1 is 1.35 bits per heavy atom. The van der Waals surface area contributed by atoms with Crippen LogP contribution < -0.4 is 10.1 Å². The van der Waals surface area contributed by atoms with Crippen LogP contribution in [0, 0.1) is 11.8 Å². The van der Waals surface area contributed by atoms with E-state index in [0.717, 1.165) is 13.0 Å². The Bertz CT molecular complexity index is 1230. The molecule has 1 fully saturated rings. The van der Waals surface area contributed by atoms with Crippen molar-refractivity contribution in [2.45, 2.75) is 12.5 Å². The third kappa shape index (κ3) is 6.25. The largest absolute Gasteiger partial charge is 0.481 e. The predicted octanol–water partition coefficient (Wildman–Crippen LogP) is 2.57. The molecule has 0 aliphatic carbocycles. The van der Waals surface area contributed by atoms with Gasteiger partial charge in [-0.1, -0.05) is 23.6 Å². The minimum absolute atomic E-state index is 0.0268. The van der Waals surface area contributed by atoms with Crippen molar-refractivity contribution in [3.8, 4) is 17.6 Å². The molecule has 2 aromatic heterocycles. The number of aromatic amines is 1. The minimum Gasteiger partial charge on any atom is -0.481 e. The molecule has 0 spiro atoms. The van der Waals surface area contributed by atoms with Gasteiger partial charge in [-0.3, -0.25) is 4.79 Å². The van der Waals surface area contributed by atoms with Gasteiger partial charge in [0.1, 0.15) is 24.2 Å². The highest BCUT2D eigenvalue weighted by Gasteiger charge is 2.26. The van der Waals surface area contributed by atoms with Crippen molar-refractivity contribution in [3.63, 3.8) is 0 Å². The SMILES string of the molecule is CN(C)CC=CC(=O)N1CCC(Nc2ncnc3nc(C#CCOc4ccc(Cl)cc4)[nH]c23)C1. The molecule has 3 aromatic rings. The average Bonchev–Trinajstić information content (AvgIpc) is 3.45. The zero-order valence-corrected chi connectivity index (χ0v) is 19.8. The average molecular weight is 480 g/mol. The van der Waals surface area contributed by atoms with Crippen LogP contribution >= 0.6 is 11.6 Å². The lowest BCUT2D eigenvalue weighted by Crippen LogP contribution is -2.30. The second kappa shape index (κ2) is 11.0. The summed E-state index contributed by atoms with van der Waals surface area (Å²) in [7, 11) is 3.93. The van der Waals surface area contributed by atoms with Gasteiger partial charge in [0, 0.05) is 36.8 Å². The molecular weight excluding hydrogens is 454 g/mol. The van der Waals surface area contributed by atoms with Crippen LogP contribution in [0.2, 0.25) is 5.02 Å². The Morgan fingerprint density at radius 2 is 2.18 bits per heavy atom. The van der Waals surface area contributed by atoms with Crippen molar-refractivity contribution in [2.75, 3.05) is 45.7 Å². The van der Waals surface area contributed by atoms with E-state index in [1.54, 1.807) is 30.3 Å². The van der Waals surface area contributed by atoms with Crippen LogP contribution in [0.25, 0.3) is 11.2 Å². The molecule has 1 aliphatic rings. The van der Waals surface area contributed by atoms with Gasteiger partial charge in [-0.25, -0.2) is 15.0 Å². The molecule has 1 amide bonds. The zero-order chi connectivity index (χ0) is 23.9. The smallest absolute Gasteiger partial charge is 0.246 e. The summed E-state index contributed by atoms with van der Waals surface area (Å²) in [5.74, 6) is 7.74. The summed E-state index contributed by atoms with van der Waals surface area (Å²) in [4.78, 5) is 32.4. The van der Waals surface area contributed by atoms with Crippen molar-refractivity contribution in [3.05, 3.63) is 53.6 Å². The summed E-state index contributed by atoms with van der Waals surface area (Å²) in [5, 5.41) is 4.07. The molecular formula is C24H26ClN7O2. The fraction of sp³-hybridized carbons (Fsp3) is 0.333. The monoisotopic (exact) mass is 479 g/mol. The Morgan fingerprint density at radius 3 is 2.97 bits per heavy atom. The fourth-order valence-electron chi connectivity index (χ4n) is 3.51. The van der Waals surface area contributed by atoms with E-state index in [-0.39, 0.29) is 18.6 Å². The highest BCUT2D eigenvalue weighted by atomic mass is 35.5. The maximum Gasteiger partial charge on any atom is 0.246 e. The van der Waals surface area contributed by atoms with Gasteiger partial charge in [0.2, 0.25) is 5.91 Å². The van der Waals surface area contributed by atoms with E-state index in [4.69, 9.17) is 16.3 Å². The van der Waals surface area contributed by atoms with E-state index in [0.29, 0.717) is 46.7 Å². The van der Waals surface area contributed by atoms with Crippen molar-refractivity contribution in [1.82, 2.24) is 29.7 Å². The first-order valence-corrected chi connectivity index (χ1v) is 11.3. The maximum absolute atomic E-state index is 12.4. The van der Waals surface area contributed by atoms with Crippen LogP contribution in [0.1, 0.15) is 12.2 Å². The second-order valence-corrected chi connectivity index (χ2v) is 8.57. The number of benzene rings is 1. The van der Waals surface area contributed by atoms with Crippen LogP contribution in [0.3, 0.4) is 0 Å². The molecule has 1 saturated heterocycles. The van der Waals surface area contributed by atoms with Crippen LogP contribution in [0.4, 0.5) is 5.82 Å². The number of nitrogens with zero attached hydrogens (tertiary/aromatic N) is 5. The number of amides is 1. The number of carbonyl (C=O) groups excluding carboxylic acids is 1. The lowest BCUT2D eigenvalue weighted by atomic mass is 10.2. The van der Waals surface area contributed by atoms with Crippen molar-refractivity contribution in [1.29, 1.82) is 0 Å². The minimum atomic E-state index is 0.0268. The van der Waals surface area contributed by atoms with Crippen molar-refractivity contribution >= 4 is 34.5 Å². The molecule has 0 bridgehead atoms. The number of imidazole rings is 1. The normalized spacial score (nSPS) is 15.6. The maximum atomic E-state index is 12.4. The number of hydrogen-bond acceptors (Lipinski definition) is 7. The first kappa shape index (κ1) is 23.5. The number of nitrogens with one attached hydrogen (secondary N) is 2. The van der Waals surface area contributed by atoms with Gasteiger partial charge in [0.25, 0.3) is 0 Å². The van der Waals surface area contributed by atoms with Gasteiger partial charge in [-0.15, -0.1) is 0 Å². The highest BCUT2D eigenvalue weighted by Crippen LogP contribution is 2.20. The van der Waals surface area contributed by atoms with E-state index < -0.39 is 0 Å². The Labute approximate surface area is 203 Å². The van der Waals surface area contributed by atoms with Gasteiger partial charge in [0.05, 0.1) is 0 Å². The fourth-order valence-corrected chi connectivity index (χ4v) is 3.63. The molecule has 2 N–H and O–H groups in total. The van der Waals surface area contributed by atoms with Crippen LogP contribution in [-0.4, -0.2) is 82.0 Å². The Balaban J connectivity index is 1.36. The van der Waals surface area contributed by atoms with Crippen molar-refractivity contribution < 1.29 is 9.53 Å². The van der Waals surface area contributed by atoms with Gasteiger partial charge in [0.15, 0.2) is 17.3 Å². The summed E-state index contributed by atoms with van der Waals surface area (Å²) in [6.07, 6.45) is 5.82. The van der Waals surface area contributed by atoms with Gasteiger partial charge < -0.3 is 24.8 Å². The number of rotatable bonds is 7. The molecule has 10 heteroatoms. The Kier molecular flexibility index (Phi) is 7.62. The summed E-state index contributed by atoms with van der Waals surface area (Å²) in [6.45, 7) is 2.26. The lowest BCUT2D eigenvalue weighted by Gasteiger charge is -2.16. The molecule has 1 aromatic carbocycles.